The molecule has 0 fully saturated rings. The highest BCUT2D eigenvalue weighted by Crippen LogP contribution is 2.23. The predicted molar refractivity (Wildman–Crippen MR) is 43.9 cm³/mol. The largest absolute Gasteiger partial charge is 0.385 e. The average molecular weight is 156 g/mol. The third-order valence-corrected chi connectivity index (χ3v) is 2.09. The maximum absolute atomic E-state index is 8.82. The van der Waals surface area contributed by atoms with E-state index >= 15 is 0 Å². The second kappa shape index (κ2) is 5.11. The first kappa shape index (κ1) is 10.4. The molecule has 3 nitrogen and oxygen atoms in total. The standard InChI is InChI=1S/C8H16N2O/c1-3-8(6-9,7-10)4-5-11-2/h3-6,9H2,1-2H3. The van der Waals surface area contributed by atoms with Crippen LogP contribution < -0.4 is 5.73 Å². The van der Waals surface area contributed by atoms with Gasteiger partial charge in [-0.3, -0.25) is 0 Å². The first-order chi connectivity index (χ1) is 5.24. The highest BCUT2D eigenvalue weighted by atomic mass is 16.5. The molecule has 0 aromatic heterocycles. The zero-order valence-electron chi connectivity index (χ0n) is 7.26. The topological polar surface area (TPSA) is 59.0 Å². The minimum atomic E-state index is -0.365. The molecule has 0 saturated heterocycles. The monoisotopic (exact) mass is 156 g/mol. The Morgan fingerprint density at radius 3 is 2.55 bits per heavy atom. The van der Waals surface area contributed by atoms with E-state index < -0.39 is 0 Å². The van der Waals surface area contributed by atoms with Crippen molar-refractivity contribution in [1.82, 2.24) is 0 Å². The van der Waals surface area contributed by atoms with Crippen molar-refractivity contribution in [2.24, 2.45) is 11.1 Å². The Morgan fingerprint density at radius 2 is 2.27 bits per heavy atom. The van der Waals surface area contributed by atoms with Crippen LogP contribution in [0.3, 0.4) is 0 Å². The SMILES string of the molecule is CCC(C#N)(CN)CCOC. The second-order valence-corrected chi connectivity index (χ2v) is 2.69. The van der Waals surface area contributed by atoms with Gasteiger partial charge in [0.25, 0.3) is 0 Å². The summed E-state index contributed by atoms with van der Waals surface area (Å²) in [4.78, 5) is 0. The first-order valence-electron chi connectivity index (χ1n) is 3.85. The average Bonchev–Trinajstić information content (AvgIpc) is 2.08. The Morgan fingerprint density at radius 1 is 1.64 bits per heavy atom. The summed E-state index contributed by atoms with van der Waals surface area (Å²) in [7, 11) is 1.63. The number of rotatable bonds is 5. The van der Waals surface area contributed by atoms with Crippen molar-refractivity contribution in [3.8, 4) is 6.07 Å². The molecule has 0 saturated carbocycles. The van der Waals surface area contributed by atoms with Crippen molar-refractivity contribution >= 4 is 0 Å². The molecule has 3 heteroatoms. The molecule has 1 atom stereocenters. The van der Waals surface area contributed by atoms with Crippen LogP contribution in [0.2, 0.25) is 0 Å². The van der Waals surface area contributed by atoms with Gasteiger partial charge in [-0.1, -0.05) is 6.92 Å². The maximum atomic E-state index is 8.82. The van der Waals surface area contributed by atoms with E-state index in [0.29, 0.717) is 13.2 Å². The summed E-state index contributed by atoms with van der Waals surface area (Å²) in [6.45, 7) is 3.01. The highest BCUT2D eigenvalue weighted by Gasteiger charge is 2.25. The van der Waals surface area contributed by atoms with Crippen LogP contribution in [0, 0.1) is 16.7 Å². The molecular formula is C8H16N2O. The van der Waals surface area contributed by atoms with Crippen molar-refractivity contribution in [2.75, 3.05) is 20.3 Å². The van der Waals surface area contributed by atoms with Crippen molar-refractivity contribution in [3.63, 3.8) is 0 Å². The van der Waals surface area contributed by atoms with Crippen LogP contribution >= 0.6 is 0 Å². The Kier molecular flexibility index (Phi) is 4.84. The smallest absolute Gasteiger partial charge is 0.0715 e. The minimum Gasteiger partial charge on any atom is -0.385 e. The second-order valence-electron chi connectivity index (χ2n) is 2.69. The predicted octanol–water partition coefficient (Wildman–Crippen LogP) is 0.902. The number of nitrogens with two attached hydrogens (primary N) is 1. The van der Waals surface area contributed by atoms with Gasteiger partial charge >= 0.3 is 0 Å². The van der Waals surface area contributed by atoms with Crippen LogP contribution in [-0.2, 0) is 4.74 Å². The van der Waals surface area contributed by atoms with Crippen LogP contribution in [0.5, 0.6) is 0 Å². The lowest BCUT2D eigenvalue weighted by atomic mass is 9.84. The van der Waals surface area contributed by atoms with E-state index in [4.69, 9.17) is 15.7 Å². The molecule has 0 rings (SSSR count). The van der Waals surface area contributed by atoms with Gasteiger partial charge in [-0.15, -0.1) is 0 Å². The van der Waals surface area contributed by atoms with E-state index in [9.17, 15) is 0 Å². The number of ether oxygens (including phenoxy) is 1. The first-order valence-corrected chi connectivity index (χ1v) is 3.85. The third kappa shape index (κ3) is 2.87. The molecule has 0 aromatic carbocycles. The van der Waals surface area contributed by atoms with Crippen molar-refractivity contribution in [3.05, 3.63) is 0 Å². The van der Waals surface area contributed by atoms with E-state index in [1.165, 1.54) is 0 Å². The Balaban J connectivity index is 3.97. The Bertz CT molecular complexity index is 136. The van der Waals surface area contributed by atoms with Crippen molar-refractivity contribution in [2.45, 2.75) is 19.8 Å². The maximum Gasteiger partial charge on any atom is 0.0715 e. The molecule has 2 N–H and O–H groups in total. The fraction of sp³-hybridized carbons (Fsp3) is 0.875. The van der Waals surface area contributed by atoms with Gasteiger partial charge in [0.2, 0.25) is 0 Å². The molecule has 0 amide bonds. The van der Waals surface area contributed by atoms with Gasteiger partial charge in [0, 0.05) is 20.3 Å². The molecule has 64 valence electrons. The number of hydrogen-bond acceptors (Lipinski definition) is 3. The zero-order valence-corrected chi connectivity index (χ0v) is 7.26. The Labute approximate surface area is 68.1 Å². The molecule has 0 aliphatic rings. The van der Waals surface area contributed by atoms with Crippen molar-refractivity contribution in [1.29, 1.82) is 5.26 Å². The molecule has 0 aromatic rings. The highest BCUT2D eigenvalue weighted by molar-refractivity contribution is 4.98. The van der Waals surface area contributed by atoms with E-state index in [1.807, 2.05) is 6.92 Å². The summed E-state index contributed by atoms with van der Waals surface area (Å²) in [5.74, 6) is 0. The van der Waals surface area contributed by atoms with Gasteiger partial charge < -0.3 is 10.5 Å². The molecule has 0 heterocycles. The summed E-state index contributed by atoms with van der Waals surface area (Å²) >= 11 is 0. The molecule has 0 aliphatic heterocycles. The quantitative estimate of drug-likeness (QED) is 0.643. The number of nitrogens with zero attached hydrogens (tertiary/aromatic N) is 1. The van der Waals surface area contributed by atoms with Gasteiger partial charge in [-0.2, -0.15) is 5.26 Å². The lowest BCUT2D eigenvalue weighted by Gasteiger charge is -2.21. The number of methoxy groups -OCH3 is 1. The van der Waals surface area contributed by atoms with E-state index in [1.54, 1.807) is 7.11 Å². The van der Waals surface area contributed by atoms with Gasteiger partial charge in [0.15, 0.2) is 0 Å². The lowest BCUT2D eigenvalue weighted by Crippen LogP contribution is -2.29. The summed E-state index contributed by atoms with van der Waals surface area (Å²) in [6, 6.07) is 2.24. The van der Waals surface area contributed by atoms with Gasteiger partial charge in [0.05, 0.1) is 11.5 Å². The van der Waals surface area contributed by atoms with Crippen LogP contribution in [0.15, 0.2) is 0 Å². The minimum absolute atomic E-state index is 0.365. The Hall–Kier alpha value is -0.590. The summed E-state index contributed by atoms with van der Waals surface area (Å²) in [5.41, 5.74) is 5.13. The molecular weight excluding hydrogens is 140 g/mol. The summed E-state index contributed by atoms with van der Waals surface area (Å²) in [5, 5.41) is 8.82. The van der Waals surface area contributed by atoms with Crippen LogP contribution in [0.25, 0.3) is 0 Å². The number of nitriles is 1. The molecule has 0 bridgehead atoms. The fourth-order valence-corrected chi connectivity index (χ4v) is 0.901. The van der Waals surface area contributed by atoms with Crippen LogP contribution in [0.4, 0.5) is 0 Å². The van der Waals surface area contributed by atoms with Crippen LogP contribution in [-0.4, -0.2) is 20.3 Å². The molecule has 0 radical (unpaired) electrons. The van der Waals surface area contributed by atoms with Crippen molar-refractivity contribution < 1.29 is 4.74 Å². The van der Waals surface area contributed by atoms with Crippen LogP contribution in [0.1, 0.15) is 19.8 Å². The number of hydrogen-bond donors (Lipinski definition) is 1. The lowest BCUT2D eigenvalue weighted by molar-refractivity contribution is 0.159. The van der Waals surface area contributed by atoms with Gasteiger partial charge in [0.1, 0.15) is 0 Å². The van der Waals surface area contributed by atoms with E-state index in [-0.39, 0.29) is 5.41 Å². The van der Waals surface area contributed by atoms with E-state index in [0.717, 1.165) is 12.8 Å². The van der Waals surface area contributed by atoms with Gasteiger partial charge in [-0.25, -0.2) is 0 Å². The summed E-state index contributed by atoms with van der Waals surface area (Å²) < 4.78 is 4.90. The molecule has 11 heavy (non-hydrogen) atoms. The van der Waals surface area contributed by atoms with Gasteiger partial charge in [-0.05, 0) is 12.8 Å². The fourth-order valence-electron chi connectivity index (χ4n) is 0.901. The molecule has 0 aliphatic carbocycles. The third-order valence-electron chi connectivity index (χ3n) is 2.09. The molecule has 1 unspecified atom stereocenters. The van der Waals surface area contributed by atoms with E-state index in [2.05, 4.69) is 6.07 Å². The summed E-state index contributed by atoms with van der Waals surface area (Å²) in [6.07, 6.45) is 1.52. The zero-order chi connectivity index (χ0) is 8.74. The normalized spacial score (nSPS) is 15.5. The molecule has 0 spiro atoms.